The maximum absolute atomic E-state index is 6.22. The molecule has 0 atom stereocenters. The third-order valence-corrected chi connectivity index (χ3v) is 4.78. The van der Waals surface area contributed by atoms with Crippen molar-refractivity contribution in [3.63, 3.8) is 0 Å². The summed E-state index contributed by atoms with van der Waals surface area (Å²) < 4.78 is 0. The lowest BCUT2D eigenvalue weighted by atomic mass is 9.86. The molecule has 1 aliphatic carbocycles. The van der Waals surface area contributed by atoms with E-state index in [1.54, 1.807) is 0 Å². The van der Waals surface area contributed by atoms with E-state index in [1.807, 2.05) is 12.1 Å². The van der Waals surface area contributed by atoms with E-state index in [-0.39, 0.29) is 0 Å². The van der Waals surface area contributed by atoms with Gasteiger partial charge in [-0.05, 0) is 52.4 Å². The molecule has 0 amide bonds. The second-order valence-corrected chi connectivity index (χ2v) is 6.41. The van der Waals surface area contributed by atoms with Gasteiger partial charge in [0.15, 0.2) is 0 Å². The van der Waals surface area contributed by atoms with Crippen molar-refractivity contribution in [1.29, 1.82) is 0 Å². The van der Waals surface area contributed by atoms with E-state index >= 15 is 0 Å². The maximum Gasteiger partial charge on any atom is 0.223 e. The number of aromatic nitrogens is 2. The zero-order chi connectivity index (χ0) is 16.1. The fourth-order valence-corrected chi connectivity index (χ4v) is 3.74. The lowest BCUT2D eigenvalue weighted by Crippen LogP contribution is -2.04. The smallest absolute Gasteiger partial charge is 0.218 e. The Labute approximate surface area is 144 Å². The summed E-state index contributed by atoms with van der Waals surface area (Å²) in [4.78, 5) is 9.02. The van der Waals surface area contributed by atoms with Crippen LogP contribution in [0.4, 0.5) is 0 Å². The Bertz CT molecular complexity index is 1090. The van der Waals surface area contributed by atoms with E-state index in [2.05, 4.69) is 64.6 Å². The number of hydrogen-bond acceptors (Lipinski definition) is 2. The lowest BCUT2D eigenvalue weighted by Gasteiger charge is -2.20. The van der Waals surface area contributed by atoms with Crippen LogP contribution in [0.2, 0.25) is 5.28 Å². The molecule has 1 aromatic heterocycles. The van der Waals surface area contributed by atoms with Crippen LogP contribution in [-0.4, -0.2) is 9.97 Å². The summed E-state index contributed by atoms with van der Waals surface area (Å²) >= 11 is 6.22. The van der Waals surface area contributed by atoms with Crippen LogP contribution < -0.4 is 0 Å². The summed E-state index contributed by atoms with van der Waals surface area (Å²) in [6.07, 6.45) is 0.894. The van der Waals surface area contributed by atoms with Crippen molar-refractivity contribution in [1.82, 2.24) is 9.97 Å². The molecule has 0 radical (unpaired) electrons. The minimum absolute atomic E-state index is 0.297. The summed E-state index contributed by atoms with van der Waals surface area (Å²) in [5.74, 6) is 0. The second-order valence-electron chi connectivity index (χ2n) is 6.07. The predicted octanol–water partition coefficient (Wildman–Crippen LogP) is 5.52. The normalized spacial score (nSPS) is 12.2. The van der Waals surface area contributed by atoms with Crippen LogP contribution in [0, 0.1) is 0 Å². The zero-order valence-electron chi connectivity index (χ0n) is 12.8. The molecule has 3 heteroatoms. The minimum atomic E-state index is 0.297. The Morgan fingerprint density at radius 3 is 2.42 bits per heavy atom. The molecule has 114 valence electrons. The van der Waals surface area contributed by atoms with Gasteiger partial charge >= 0.3 is 0 Å². The molecule has 1 heterocycles. The molecule has 0 N–H and O–H groups in total. The maximum atomic E-state index is 6.22. The highest BCUT2D eigenvalue weighted by molar-refractivity contribution is 6.29. The zero-order valence-corrected chi connectivity index (χ0v) is 13.6. The first-order valence-corrected chi connectivity index (χ1v) is 8.31. The molecule has 0 fully saturated rings. The molecule has 0 aliphatic heterocycles. The fourth-order valence-electron chi connectivity index (χ4n) is 3.56. The van der Waals surface area contributed by atoms with E-state index < -0.39 is 0 Å². The average molecular weight is 329 g/mol. The first kappa shape index (κ1) is 13.7. The van der Waals surface area contributed by atoms with Crippen LogP contribution in [0.3, 0.4) is 0 Å². The highest BCUT2D eigenvalue weighted by Crippen LogP contribution is 2.40. The molecule has 0 unspecified atom stereocenters. The molecule has 0 saturated heterocycles. The SMILES string of the molecule is Clc1nc2c3c(cc(-c4ccccc4)cc3n1)Cc1ccccc1-2. The molecular weight excluding hydrogens is 316 g/mol. The number of benzene rings is 3. The summed E-state index contributed by atoms with van der Waals surface area (Å²) in [7, 11) is 0. The molecule has 0 saturated carbocycles. The average Bonchev–Trinajstić information content (AvgIpc) is 2.62. The molecule has 0 bridgehead atoms. The molecule has 4 aromatic rings. The van der Waals surface area contributed by atoms with Gasteiger partial charge in [-0.3, -0.25) is 0 Å². The monoisotopic (exact) mass is 328 g/mol. The predicted molar refractivity (Wildman–Crippen MR) is 98.2 cm³/mol. The van der Waals surface area contributed by atoms with Gasteiger partial charge in [0, 0.05) is 10.9 Å². The highest BCUT2D eigenvalue weighted by Gasteiger charge is 2.21. The van der Waals surface area contributed by atoms with Gasteiger partial charge in [-0.15, -0.1) is 0 Å². The molecule has 1 aliphatic rings. The summed E-state index contributed by atoms with van der Waals surface area (Å²) in [5, 5.41) is 1.42. The quantitative estimate of drug-likeness (QED) is 0.378. The van der Waals surface area contributed by atoms with Crippen LogP contribution in [-0.2, 0) is 6.42 Å². The van der Waals surface area contributed by atoms with E-state index in [9.17, 15) is 0 Å². The standard InChI is InChI=1S/C21H13ClN2/c22-21-23-18-12-15(13-6-2-1-3-7-13)11-16-10-14-8-4-5-9-17(14)20(24-21)19(16)18/h1-9,11-12H,10H2. The van der Waals surface area contributed by atoms with Crippen LogP contribution in [0.25, 0.3) is 33.3 Å². The van der Waals surface area contributed by atoms with Crippen molar-refractivity contribution < 1.29 is 0 Å². The van der Waals surface area contributed by atoms with Crippen molar-refractivity contribution in [3.05, 3.63) is 83.1 Å². The van der Waals surface area contributed by atoms with Gasteiger partial charge in [0.2, 0.25) is 5.28 Å². The Morgan fingerprint density at radius 1 is 0.750 bits per heavy atom. The molecule has 5 rings (SSSR count). The van der Waals surface area contributed by atoms with Crippen molar-refractivity contribution in [2.75, 3.05) is 0 Å². The van der Waals surface area contributed by atoms with Gasteiger partial charge in [0.25, 0.3) is 0 Å². The topological polar surface area (TPSA) is 25.8 Å². The summed E-state index contributed by atoms with van der Waals surface area (Å²) in [6.45, 7) is 0. The molecule has 0 spiro atoms. The van der Waals surface area contributed by atoms with Gasteiger partial charge in [-0.2, -0.15) is 0 Å². The number of nitrogens with zero attached hydrogens (tertiary/aromatic N) is 2. The van der Waals surface area contributed by atoms with E-state index in [4.69, 9.17) is 11.6 Å². The van der Waals surface area contributed by atoms with Crippen LogP contribution in [0.15, 0.2) is 66.7 Å². The fraction of sp³-hybridized carbons (Fsp3) is 0.0476. The lowest BCUT2D eigenvalue weighted by molar-refractivity contribution is 1.14. The summed E-state index contributed by atoms with van der Waals surface area (Å²) in [5.41, 5.74) is 7.91. The van der Waals surface area contributed by atoms with Gasteiger partial charge in [0.1, 0.15) is 0 Å². The van der Waals surface area contributed by atoms with Gasteiger partial charge in [0.05, 0.1) is 11.2 Å². The van der Waals surface area contributed by atoms with E-state index in [0.717, 1.165) is 34.1 Å². The summed E-state index contributed by atoms with van der Waals surface area (Å²) in [6, 6.07) is 23.1. The Hall–Kier alpha value is -2.71. The van der Waals surface area contributed by atoms with Crippen LogP contribution in [0.5, 0.6) is 0 Å². The second kappa shape index (κ2) is 5.15. The highest BCUT2D eigenvalue weighted by atomic mass is 35.5. The van der Waals surface area contributed by atoms with Crippen molar-refractivity contribution in [2.45, 2.75) is 6.42 Å². The van der Waals surface area contributed by atoms with Gasteiger partial charge in [-0.1, -0.05) is 54.6 Å². The Morgan fingerprint density at radius 2 is 1.54 bits per heavy atom. The number of fused-ring (bicyclic) bond motifs is 2. The minimum Gasteiger partial charge on any atom is -0.218 e. The number of halogens is 1. The first-order valence-electron chi connectivity index (χ1n) is 7.93. The van der Waals surface area contributed by atoms with Crippen molar-refractivity contribution in [3.8, 4) is 22.4 Å². The first-order chi connectivity index (χ1) is 11.8. The van der Waals surface area contributed by atoms with Gasteiger partial charge in [-0.25, -0.2) is 9.97 Å². The van der Waals surface area contributed by atoms with Crippen molar-refractivity contribution in [2.24, 2.45) is 0 Å². The van der Waals surface area contributed by atoms with Crippen molar-refractivity contribution >= 4 is 22.5 Å². The van der Waals surface area contributed by atoms with Gasteiger partial charge < -0.3 is 0 Å². The largest absolute Gasteiger partial charge is 0.223 e. The molecule has 3 aromatic carbocycles. The number of hydrogen-bond donors (Lipinski definition) is 0. The molecule has 2 nitrogen and oxygen atoms in total. The van der Waals surface area contributed by atoms with Crippen LogP contribution in [0.1, 0.15) is 11.1 Å². The third kappa shape index (κ3) is 2.04. The number of rotatable bonds is 1. The van der Waals surface area contributed by atoms with Crippen LogP contribution >= 0.6 is 11.6 Å². The van der Waals surface area contributed by atoms with E-state index in [1.165, 1.54) is 16.7 Å². The third-order valence-electron chi connectivity index (χ3n) is 4.61. The molecular formula is C21H13ClN2. The Balaban J connectivity index is 1.86. The molecule has 24 heavy (non-hydrogen) atoms. The Kier molecular flexibility index (Phi) is 2.94. The van der Waals surface area contributed by atoms with E-state index in [0.29, 0.717) is 5.28 Å².